The molecule has 1 aromatic heterocycles. The van der Waals surface area contributed by atoms with Crippen molar-refractivity contribution < 1.29 is 9.47 Å². The zero-order valence-electron chi connectivity index (χ0n) is 17.5. The molecule has 0 radical (unpaired) electrons. The Labute approximate surface area is 168 Å². The quantitative estimate of drug-likeness (QED) is 0.743. The Bertz CT molecular complexity index is 753. The van der Waals surface area contributed by atoms with Gasteiger partial charge in [0.1, 0.15) is 0 Å². The van der Waals surface area contributed by atoms with Gasteiger partial charge >= 0.3 is 0 Å². The molecule has 1 aromatic carbocycles. The Morgan fingerprint density at radius 3 is 2.43 bits per heavy atom. The van der Waals surface area contributed by atoms with Crippen LogP contribution in [0.2, 0.25) is 0 Å². The van der Waals surface area contributed by atoms with Crippen LogP contribution in [-0.4, -0.2) is 47.7 Å². The highest BCUT2D eigenvalue weighted by molar-refractivity contribution is 5.43. The highest BCUT2D eigenvalue weighted by Crippen LogP contribution is 2.29. The molecule has 152 valence electrons. The van der Waals surface area contributed by atoms with Gasteiger partial charge in [0.15, 0.2) is 11.5 Å². The summed E-state index contributed by atoms with van der Waals surface area (Å²) < 4.78 is 11.3. The minimum absolute atomic E-state index is 0.428. The van der Waals surface area contributed by atoms with Crippen LogP contribution in [0, 0.1) is 13.8 Å². The summed E-state index contributed by atoms with van der Waals surface area (Å²) in [5.41, 5.74) is 3.28. The van der Waals surface area contributed by atoms with Gasteiger partial charge in [-0.1, -0.05) is 13.0 Å². The molecule has 6 heteroatoms. The largest absolute Gasteiger partial charge is 0.493 e. The molecule has 0 aliphatic carbocycles. The first-order chi connectivity index (χ1) is 13.6. The van der Waals surface area contributed by atoms with Gasteiger partial charge in [-0.05, 0) is 56.9 Å². The highest BCUT2D eigenvalue weighted by atomic mass is 16.5. The maximum Gasteiger partial charge on any atom is 0.223 e. The van der Waals surface area contributed by atoms with E-state index in [1.165, 1.54) is 5.56 Å². The number of aromatic nitrogens is 2. The lowest BCUT2D eigenvalue weighted by molar-refractivity contribution is 0.210. The highest BCUT2D eigenvalue weighted by Gasteiger charge is 2.20. The van der Waals surface area contributed by atoms with E-state index in [0.29, 0.717) is 12.6 Å². The standard InChI is InChI=1S/C22H32N4O2/c1-5-12-28-21-14-18(6-7-20(21)27-4)15-26-10-8-19(9-11-26)25-22-23-16(2)13-17(3)24-22/h6-7,13-14,19H,5,8-12,15H2,1-4H3,(H,23,24,25). The van der Waals surface area contributed by atoms with Gasteiger partial charge in [0.05, 0.1) is 13.7 Å². The lowest BCUT2D eigenvalue weighted by Crippen LogP contribution is -2.39. The van der Waals surface area contributed by atoms with Gasteiger partial charge in [-0.15, -0.1) is 0 Å². The molecule has 0 amide bonds. The Morgan fingerprint density at radius 2 is 1.79 bits per heavy atom. The first-order valence-electron chi connectivity index (χ1n) is 10.2. The van der Waals surface area contributed by atoms with Gasteiger partial charge in [0.2, 0.25) is 5.95 Å². The first-order valence-corrected chi connectivity index (χ1v) is 10.2. The molecule has 0 atom stereocenters. The first kappa shape index (κ1) is 20.4. The Morgan fingerprint density at radius 1 is 1.07 bits per heavy atom. The van der Waals surface area contributed by atoms with E-state index in [-0.39, 0.29) is 0 Å². The maximum absolute atomic E-state index is 5.84. The van der Waals surface area contributed by atoms with Gasteiger partial charge in [-0.3, -0.25) is 4.90 Å². The SMILES string of the molecule is CCCOc1cc(CN2CCC(Nc3nc(C)cc(C)n3)CC2)ccc1OC. The zero-order chi connectivity index (χ0) is 19.9. The van der Waals surface area contributed by atoms with Crippen LogP contribution in [0.5, 0.6) is 11.5 Å². The van der Waals surface area contributed by atoms with E-state index in [4.69, 9.17) is 9.47 Å². The van der Waals surface area contributed by atoms with Gasteiger partial charge < -0.3 is 14.8 Å². The molecule has 28 heavy (non-hydrogen) atoms. The van der Waals surface area contributed by atoms with Crippen molar-refractivity contribution in [2.24, 2.45) is 0 Å². The average molecular weight is 385 g/mol. The van der Waals surface area contributed by atoms with Crippen LogP contribution >= 0.6 is 0 Å². The Kier molecular flexibility index (Phi) is 7.09. The van der Waals surface area contributed by atoms with E-state index in [0.717, 1.165) is 67.7 Å². The van der Waals surface area contributed by atoms with Crippen molar-refractivity contribution in [3.63, 3.8) is 0 Å². The van der Waals surface area contributed by atoms with E-state index in [2.05, 4.69) is 39.2 Å². The summed E-state index contributed by atoms with van der Waals surface area (Å²) in [5.74, 6) is 2.39. The van der Waals surface area contributed by atoms with Crippen LogP contribution in [0.25, 0.3) is 0 Å². The molecule has 0 bridgehead atoms. The second-order valence-electron chi connectivity index (χ2n) is 7.50. The number of methoxy groups -OCH3 is 1. The normalized spacial score (nSPS) is 15.4. The predicted molar refractivity (Wildman–Crippen MR) is 112 cm³/mol. The third kappa shape index (κ3) is 5.58. The number of hydrogen-bond acceptors (Lipinski definition) is 6. The summed E-state index contributed by atoms with van der Waals surface area (Å²) in [7, 11) is 1.69. The van der Waals surface area contributed by atoms with Gasteiger partial charge in [0, 0.05) is 37.1 Å². The summed E-state index contributed by atoms with van der Waals surface area (Å²) >= 11 is 0. The van der Waals surface area contributed by atoms with Gasteiger partial charge in [-0.25, -0.2) is 9.97 Å². The van der Waals surface area contributed by atoms with Crippen LogP contribution in [0.15, 0.2) is 24.3 Å². The number of hydrogen-bond donors (Lipinski definition) is 1. The molecule has 1 aliphatic rings. The topological polar surface area (TPSA) is 59.5 Å². The molecule has 1 saturated heterocycles. The average Bonchev–Trinajstić information content (AvgIpc) is 2.67. The molecular weight excluding hydrogens is 352 g/mol. The number of anilines is 1. The van der Waals surface area contributed by atoms with Crippen molar-refractivity contribution in [1.29, 1.82) is 0 Å². The lowest BCUT2D eigenvalue weighted by Gasteiger charge is -2.32. The number of nitrogens with zero attached hydrogens (tertiary/aromatic N) is 3. The smallest absolute Gasteiger partial charge is 0.223 e. The second kappa shape index (κ2) is 9.73. The van der Waals surface area contributed by atoms with Crippen LogP contribution in [0.3, 0.4) is 0 Å². The number of piperidine rings is 1. The molecular formula is C22H32N4O2. The fraction of sp³-hybridized carbons (Fsp3) is 0.545. The molecule has 1 aliphatic heterocycles. The maximum atomic E-state index is 5.84. The molecule has 1 fully saturated rings. The van der Waals surface area contributed by atoms with E-state index in [9.17, 15) is 0 Å². The summed E-state index contributed by atoms with van der Waals surface area (Å²) in [5, 5.41) is 3.51. The van der Waals surface area contributed by atoms with Crippen molar-refractivity contribution in [3.8, 4) is 11.5 Å². The van der Waals surface area contributed by atoms with Gasteiger partial charge in [-0.2, -0.15) is 0 Å². The number of aryl methyl sites for hydroxylation is 2. The van der Waals surface area contributed by atoms with Crippen molar-refractivity contribution in [2.75, 3.05) is 32.1 Å². The van der Waals surface area contributed by atoms with Crippen LogP contribution < -0.4 is 14.8 Å². The van der Waals surface area contributed by atoms with E-state index < -0.39 is 0 Å². The predicted octanol–water partition coefficient (Wildman–Crippen LogP) is 3.97. The molecule has 3 rings (SSSR count). The Balaban J connectivity index is 1.54. The number of benzene rings is 1. The van der Waals surface area contributed by atoms with E-state index in [1.807, 2.05) is 26.0 Å². The second-order valence-corrected chi connectivity index (χ2v) is 7.50. The minimum Gasteiger partial charge on any atom is -0.493 e. The Hall–Kier alpha value is -2.34. The van der Waals surface area contributed by atoms with Crippen LogP contribution in [0.1, 0.15) is 43.1 Å². The summed E-state index contributed by atoms with van der Waals surface area (Å²) in [6.07, 6.45) is 3.16. The lowest BCUT2D eigenvalue weighted by atomic mass is 10.0. The van der Waals surface area contributed by atoms with Crippen molar-refractivity contribution >= 4 is 5.95 Å². The molecule has 2 aromatic rings. The summed E-state index contributed by atoms with van der Waals surface area (Å²) in [6.45, 7) is 9.87. The van der Waals surface area contributed by atoms with Crippen molar-refractivity contribution in [3.05, 3.63) is 41.2 Å². The molecule has 0 spiro atoms. The number of ether oxygens (including phenoxy) is 2. The van der Waals surface area contributed by atoms with Crippen molar-refractivity contribution in [2.45, 2.75) is 52.6 Å². The fourth-order valence-electron chi connectivity index (χ4n) is 3.61. The number of nitrogens with one attached hydrogen (secondary N) is 1. The molecule has 1 N–H and O–H groups in total. The van der Waals surface area contributed by atoms with E-state index >= 15 is 0 Å². The molecule has 2 heterocycles. The van der Waals surface area contributed by atoms with Crippen molar-refractivity contribution in [1.82, 2.24) is 14.9 Å². The number of rotatable bonds is 8. The molecule has 0 saturated carbocycles. The third-order valence-electron chi connectivity index (χ3n) is 5.00. The molecule has 0 unspecified atom stereocenters. The van der Waals surface area contributed by atoms with Crippen LogP contribution in [0.4, 0.5) is 5.95 Å². The zero-order valence-corrected chi connectivity index (χ0v) is 17.5. The minimum atomic E-state index is 0.428. The summed E-state index contributed by atoms with van der Waals surface area (Å²) in [4.78, 5) is 11.5. The van der Waals surface area contributed by atoms with Gasteiger partial charge in [0.25, 0.3) is 0 Å². The third-order valence-corrected chi connectivity index (χ3v) is 5.00. The monoisotopic (exact) mass is 384 g/mol. The number of likely N-dealkylation sites (tertiary alicyclic amines) is 1. The van der Waals surface area contributed by atoms with Crippen LogP contribution in [-0.2, 0) is 6.54 Å². The fourth-order valence-corrected chi connectivity index (χ4v) is 3.61. The van der Waals surface area contributed by atoms with E-state index in [1.54, 1.807) is 7.11 Å². The summed E-state index contributed by atoms with van der Waals surface area (Å²) in [6, 6.07) is 8.68. The molecule has 6 nitrogen and oxygen atoms in total.